The van der Waals surface area contributed by atoms with Gasteiger partial charge in [0, 0.05) is 12.0 Å². The Balaban J connectivity index is 2.19. The number of benzene rings is 1. The largest absolute Gasteiger partial charge is 0.0937 e. The summed E-state index contributed by atoms with van der Waals surface area (Å²) in [6.45, 7) is 6.64. The van der Waals surface area contributed by atoms with Crippen molar-refractivity contribution >= 4 is 0 Å². The summed E-state index contributed by atoms with van der Waals surface area (Å²) in [6.07, 6.45) is 11.3. The van der Waals surface area contributed by atoms with Crippen LogP contribution in [-0.2, 0) is 0 Å². The van der Waals surface area contributed by atoms with E-state index in [-0.39, 0.29) is 0 Å². The molecule has 1 atom stereocenters. The molecule has 0 radical (unpaired) electrons. The van der Waals surface area contributed by atoms with Crippen LogP contribution in [0.5, 0.6) is 0 Å². The van der Waals surface area contributed by atoms with Gasteiger partial charge in [-0.3, -0.25) is 0 Å². The molecule has 1 aromatic carbocycles. The molecular formula is C20H26. The molecule has 0 heterocycles. The van der Waals surface area contributed by atoms with Gasteiger partial charge in [0.05, 0.1) is 0 Å². The van der Waals surface area contributed by atoms with E-state index in [0.717, 1.165) is 24.3 Å². The maximum Gasteiger partial charge on any atom is 0.0273 e. The van der Waals surface area contributed by atoms with Gasteiger partial charge in [-0.2, -0.15) is 0 Å². The van der Waals surface area contributed by atoms with Crippen molar-refractivity contribution in [3.05, 3.63) is 59.7 Å². The summed E-state index contributed by atoms with van der Waals surface area (Å²) < 4.78 is 0. The summed E-state index contributed by atoms with van der Waals surface area (Å²) in [5, 5.41) is 0. The molecule has 106 valence electrons. The van der Waals surface area contributed by atoms with E-state index in [4.69, 9.17) is 0 Å². The van der Waals surface area contributed by atoms with Crippen LogP contribution in [0.4, 0.5) is 0 Å². The molecule has 1 aromatic rings. The van der Waals surface area contributed by atoms with Crippen LogP contribution < -0.4 is 0 Å². The van der Waals surface area contributed by atoms with Crippen LogP contribution >= 0.6 is 0 Å². The molecule has 0 aromatic heterocycles. The number of allylic oxidation sites excluding steroid dienone is 4. The maximum absolute atomic E-state index is 3.19. The summed E-state index contributed by atoms with van der Waals surface area (Å²) in [5.41, 5.74) is 2.51. The van der Waals surface area contributed by atoms with Crippen LogP contribution in [0.2, 0.25) is 0 Å². The van der Waals surface area contributed by atoms with E-state index >= 15 is 0 Å². The molecule has 1 rings (SSSR count). The first kappa shape index (κ1) is 16.3. The molecule has 20 heavy (non-hydrogen) atoms. The molecule has 0 aliphatic rings. The van der Waals surface area contributed by atoms with Crippen molar-refractivity contribution in [2.45, 2.75) is 46.5 Å². The van der Waals surface area contributed by atoms with Crippen LogP contribution in [0.1, 0.15) is 52.0 Å². The normalized spacial score (nSPS) is 11.8. The first-order valence-corrected chi connectivity index (χ1v) is 7.50. The van der Waals surface area contributed by atoms with Crippen LogP contribution in [0.25, 0.3) is 0 Å². The zero-order valence-electron chi connectivity index (χ0n) is 13.0. The highest BCUT2D eigenvalue weighted by Gasteiger charge is 1.97. The highest BCUT2D eigenvalue weighted by atomic mass is 14.0. The number of rotatable bonds is 6. The van der Waals surface area contributed by atoms with Crippen molar-refractivity contribution in [3.8, 4) is 11.8 Å². The minimum Gasteiger partial charge on any atom is -0.0937 e. The van der Waals surface area contributed by atoms with Crippen LogP contribution in [-0.4, -0.2) is 0 Å². The van der Waals surface area contributed by atoms with E-state index < -0.39 is 0 Å². The second kappa shape index (κ2) is 10.1. The van der Waals surface area contributed by atoms with Gasteiger partial charge >= 0.3 is 0 Å². The first-order valence-electron chi connectivity index (χ1n) is 7.50. The lowest BCUT2D eigenvalue weighted by Crippen LogP contribution is -1.91. The molecule has 0 nitrogen and oxygen atoms in total. The number of hydrogen-bond acceptors (Lipinski definition) is 0. The molecule has 0 saturated heterocycles. The fraction of sp³-hybridized carbons (Fsp3) is 0.400. The third-order valence-electron chi connectivity index (χ3n) is 3.14. The lowest BCUT2D eigenvalue weighted by Gasteiger charge is -2.05. The van der Waals surface area contributed by atoms with E-state index in [2.05, 4.69) is 50.8 Å². The standard InChI is InChI=1S/C20H26/c1-18(2)12-11-14-19(3)13-7-4-5-8-15-20-16-9-6-10-17-20/h4,6-7,9-10,12,16-17,19H,5,11,13-14H2,1-3H3. The molecule has 0 aliphatic heterocycles. The molecule has 0 N–H and O–H groups in total. The van der Waals surface area contributed by atoms with E-state index in [0.29, 0.717) is 0 Å². The zero-order chi connectivity index (χ0) is 14.6. The van der Waals surface area contributed by atoms with Gasteiger partial charge < -0.3 is 0 Å². The fourth-order valence-corrected chi connectivity index (χ4v) is 1.92. The Morgan fingerprint density at radius 1 is 1.15 bits per heavy atom. The summed E-state index contributed by atoms with van der Waals surface area (Å²) in [4.78, 5) is 0. The van der Waals surface area contributed by atoms with Gasteiger partial charge in [0.15, 0.2) is 0 Å². The maximum atomic E-state index is 3.19. The Hall–Kier alpha value is -1.74. The van der Waals surface area contributed by atoms with Crippen LogP contribution in [0, 0.1) is 17.8 Å². The quantitative estimate of drug-likeness (QED) is 0.454. The predicted molar refractivity (Wildman–Crippen MR) is 89.5 cm³/mol. The molecule has 0 aliphatic carbocycles. The Labute approximate surface area is 124 Å². The monoisotopic (exact) mass is 266 g/mol. The average molecular weight is 266 g/mol. The Bertz CT molecular complexity index is 476. The molecule has 0 bridgehead atoms. The molecule has 0 fully saturated rings. The highest BCUT2D eigenvalue weighted by Crippen LogP contribution is 2.12. The highest BCUT2D eigenvalue weighted by molar-refractivity contribution is 5.33. The van der Waals surface area contributed by atoms with Gasteiger partial charge in [0.25, 0.3) is 0 Å². The van der Waals surface area contributed by atoms with Gasteiger partial charge in [0.2, 0.25) is 0 Å². The van der Waals surface area contributed by atoms with Crippen molar-refractivity contribution in [2.75, 3.05) is 0 Å². The van der Waals surface area contributed by atoms with Crippen molar-refractivity contribution < 1.29 is 0 Å². The smallest absolute Gasteiger partial charge is 0.0273 e. The minimum absolute atomic E-state index is 0.754. The molecule has 0 heteroatoms. The SMILES string of the molecule is CC(C)=CCCC(C)CC=CCC#Cc1ccccc1. The Kier molecular flexibility index (Phi) is 8.24. The summed E-state index contributed by atoms with van der Waals surface area (Å²) in [5.74, 6) is 7.11. The molecule has 0 amide bonds. The lowest BCUT2D eigenvalue weighted by atomic mass is 10.0. The number of hydrogen-bond donors (Lipinski definition) is 0. The van der Waals surface area contributed by atoms with Gasteiger partial charge in [-0.1, -0.05) is 60.8 Å². The van der Waals surface area contributed by atoms with Crippen molar-refractivity contribution in [3.63, 3.8) is 0 Å². The van der Waals surface area contributed by atoms with E-state index in [1.54, 1.807) is 0 Å². The molecule has 0 saturated carbocycles. The van der Waals surface area contributed by atoms with Crippen LogP contribution in [0.3, 0.4) is 0 Å². The van der Waals surface area contributed by atoms with E-state index in [1.807, 2.05) is 30.3 Å². The fourth-order valence-electron chi connectivity index (χ4n) is 1.92. The van der Waals surface area contributed by atoms with E-state index in [9.17, 15) is 0 Å². The zero-order valence-corrected chi connectivity index (χ0v) is 13.0. The van der Waals surface area contributed by atoms with E-state index in [1.165, 1.54) is 18.4 Å². The first-order chi connectivity index (χ1) is 9.68. The predicted octanol–water partition coefficient (Wildman–Crippen LogP) is 5.76. The van der Waals surface area contributed by atoms with Crippen molar-refractivity contribution in [2.24, 2.45) is 5.92 Å². The van der Waals surface area contributed by atoms with Gasteiger partial charge in [0.1, 0.15) is 0 Å². The van der Waals surface area contributed by atoms with Crippen molar-refractivity contribution in [1.82, 2.24) is 0 Å². The van der Waals surface area contributed by atoms with Crippen molar-refractivity contribution in [1.29, 1.82) is 0 Å². The minimum atomic E-state index is 0.754. The molecule has 0 spiro atoms. The molecule has 1 unspecified atom stereocenters. The summed E-state index contributed by atoms with van der Waals surface area (Å²) in [7, 11) is 0. The van der Waals surface area contributed by atoms with Gasteiger partial charge in [-0.25, -0.2) is 0 Å². The lowest BCUT2D eigenvalue weighted by molar-refractivity contribution is 0.545. The third kappa shape index (κ3) is 8.38. The second-order valence-corrected chi connectivity index (χ2v) is 5.54. The molecular weight excluding hydrogens is 240 g/mol. The van der Waals surface area contributed by atoms with Gasteiger partial charge in [-0.15, -0.1) is 0 Å². The average Bonchev–Trinajstić information content (AvgIpc) is 2.43. The summed E-state index contributed by atoms with van der Waals surface area (Å²) >= 11 is 0. The second-order valence-electron chi connectivity index (χ2n) is 5.54. The van der Waals surface area contributed by atoms with Gasteiger partial charge in [-0.05, 0) is 51.2 Å². The van der Waals surface area contributed by atoms with Crippen LogP contribution in [0.15, 0.2) is 54.1 Å². The summed E-state index contributed by atoms with van der Waals surface area (Å²) in [6, 6.07) is 10.1. The topological polar surface area (TPSA) is 0 Å². The Morgan fingerprint density at radius 3 is 2.60 bits per heavy atom. The third-order valence-corrected chi connectivity index (χ3v) is 3.14. The Morgan fingerprint density at radius 2 is 1.90 bits per heavy atom.